The molecule has 1 aliphatic rings. The molecule has 1 saturated heterocycles. The Kier molecular flexibility index (Phi) is 3.60. The summed E-state index contributed by atoms with van der Waals surface area (Å²) in [7, 11) is 0. The van der Waals surface area contributed by atoms with Gasteiger partial charge in [0.05, 0.1) is 6.10 Å². The molecule has 11 heavy (non-hydrogen) atoms. The van der Waals surface area contributed by atoms with Gasteiger partial charge in [-0.2, -0.15) is 0 Å². The van der Waals surface area contributed by atoms with Crippen molar-refractivity contribution in [2.24, 2.45) is 0 Å². The molecule has 1 heterocycles. The smallest absolute Gasteiger partial charge is 0.0726 e. The van der Waals surface area contributed by atoms with Gasteiger partial charge in [0, 0.05) is 19.2 Å². The van der Waals surface area contributed by atoms with Crippen LogP contribution in [0.15, 0.2) is 12.7 Å². The van der Waals surface area contributed by atoms with Crippen molar-refractivity contribution in [1.29, 1.82) is 0 Å². The van der Waals surface area contributed by atoms with E-state index in [9.17, 15) is 0 Å². The zero-order valence-corrected chi connectivity index (χ0v) is 7.18. The first-order valence-electron chi connectivity index (χ1n) is 4.30. The lowest BCUT2D eigenvalue weighted by molar-refractivity contribution is 0.0849. The van der Waals surface area contributed by atoms with E-state index in [0.29, 0.717) is 12.1 Å². The summed E-state index contributed by atoms with van der Waals surface area (Å²) in [6.07, 6.45) is 4.72. The van der Waals surface area contributed by atoms with Crippen LogP contribution in [0.2, 0.25) is 0 Å². The summed E-state index contributed by atoms with van der Waals surface area (Å²) in [5.41, 5.74) is 0. The quantitative estimate of drug-likeness (QED) is 0.618. The van der Waals surface area contributed by atoms with Crippen LogP contribution in [-0.4, -0.2) is 25.3 Å². The maximum Gasteiger partial charge on any atom is 0.0726 e. The molecular formula is C9H17NO. The highest BCUT2D eigenvalue weighted by Gasteiger charge is 2.20. The predicted octanol–water partition coefficient (Wildman–Crippen LogP) is 1.33. The lowest BCUT2D eigenvalue weighted by atomic mass is 10.1. The third-order valence-electron chi connectivity index (χ3n) is 2.11. The fourth-order valence-corrected chi connectivity index (χ4v) is 1.40. The van der Waals surface area contributed by atoms with Gasteiger partial charge in [-0.3, -0.25) is 0 Å². The molecule has 1 N–H and O–H groups in total. The summed E-state index contributed by atoms with van der Waals surface area (Å²) in [6.45, 7) is 7.63. The average molecular weight is 155 g/mol. The van der Waals surface area contributed by atoms with Gasteiger partial charge in [0.1, 0.15) is 0 Å². The van der Waals surface area contributed by atoms with Crippen LogP contribution in [0.4, 0.5) is 0 Å². The lowest BCUT2D eigenvalue weighted by Crippen LogP contribution is -2.36. The normalized spacial score (nSPS) is 26.8. The molecule has 2 heteroatoms. The van der Waals surface area contributed by atoms with Crippen LogP contribution < -0.4 is 5.32 Å². The van der Waals surface area contributed by atoms with E-state index >= 15 is 0 Å². The number of hydrogen-bond acceptors (Lipinski definition) is 2. The first kappa shape index (κ1) is 8.75. The van der Waals surface area contributed by atoms with Gasteiger partial charge in [0.25, 0.3) is 0 Å². The van der Waals surface area contributed by atoms with Gasteiger partial charge in [0.15, 0.2) is 0 Å². The topological polar surface area (TPSA) is 21.3 Å². The Balaban J connectivity index is 2.16. The van der Waals surface area contributed by atoms with Gasteiger partial charge in [-0.25, -0.2) is 0 Å². The molecule has 64 valence electrons. The molecule has 1 fully saturated rings. The number of ether oxygens (including phenoxy) is 1. The van der Waals surface area contributed by atoms with Crippen LogP contribution in [0, 0.1) is 0 Å². The fourth-order valence-electron chi connectivity index (χ4n) is 1.40. The Labute approximate surface area is 68.6 Å². The molecular weight excluding hydrogens is 138 g/mol. The third-order valence-corrected chi connectivity index (χ3v) is 2.11. The van der Waals surface area contributed by atoms with Crippen molar-refractivity contribution in [3.8, 4) is 0 Å². The van der Waals surface area contributed by atoms with Crippen molar-refractivity contribution in [3.05, 3.63) is 12.7 Å². The number of rotatable bonds is 4. The Morgan fingerprint density at radius 3 is 3.18 bits per heavy atom. The molecule has 0 aliphatic carbocycles. The third kappa shape index (κ3) is 2.64. The van der Waals surface area contributed by atoms with E-state index in [1.165, 1.54) is 12.8 Å². The summed E-state index contributed by atoms with van der Waals surface area (Å²) in [5, 5.41) is 3.33. The predicted molar refractivity (Wildman–Crippen MR) is 46.6 cm³/mol. The molecule has 0 radical (unpaired) electrons. The second kappa shape index (κ2) is 4.52. The lowest BCUT2D eigenvalue weighted by Gasteiger charge is -2.18. The maximum absolute atomic E-state index is 5.51. The molecule has 0 aromatic heterocycles. The molecule has 0 aromatic carbocycles. The van der Waals surface area contributed by atoms with Crippen LogP contribution in [0.25, 0.3) is 0 Å². The fraction of sp³-hybridized carbons (Fsp3) is 0.778. The first-order valence-corrected chi connectivity index (χ1v) is 4.30. The molecule has 0 spiro atoms. The molecule has 1 rings (SSSR count). The van der Waals surface area contributed by atoms with Crippen LogP contribution in [-0.2, 0) is 4.74 Å². The molecule has 0 saturated carbocycles. The number of hydrogen-bond donors (Lipinski definition) is 1. The summed E-state index contributed by atoms with van der Waals surface area (Å²) in [6, 6.07) is 0.468. The van der Waals surface area contributed by atoms with Crippen molar-refractivity contribution in [2.45, 2.75) is 31.9 Å². The largest absolute Gasteiger partial charge is 0.377 e. The first-order chi connectivity index (χ1) is 5.34. The summed E-state index contributed by atoms with van der Waals surface area (Å²) >= 11 is 0. The van der Waals surface area contributed by atoms with Gasteiger partial charge in [-0.1, -0.05) is 6.08 Å². The molecule has 0 bridgehead atoms. The van der Waals surface area contributed by atoms with E-state index in [1.54, 1.807) is 0 Å². The van der Waals surface area contributed by atoms with E-state index in [2.05, 4.69) is 18.8 Å². The zero-order chi connectivity index (χ0) is 8.10. The molecule has 1 aliphatic heterocycles. The minimum absolute atomic E-state index is 0.426. The van der Waals surface area contributed by atoms with E-state index in [0.717, 1.165) is 13.2 Å². The van der Waals surface area contributed by atoms with Crippen molar-refractivity contribution in [3.63, 3.8) is 0 Å². The van der Waals surface area contributed by atoms with Crippen LogP contribution in [0.3, 0.4) is 0 Å². The highest BCUT2D eigenvalue weighted by molar-refractivity contribution is 4.80. The van der Waals surface area contributed by atoms with Crippen LogP contribution in [0.5, 0.6) is 0 Å². The monoisotopic (exact) mass is 155 g/mol. The highest BCUT2D eigenvalue weighted by Crippen LogP contribution is 2.14. The number of nitrogens with one attached hydrogen (secondary N) is 1. The maximum atomic E-state index is 5.51. The van der Waals surface area contributed by atoms with Gasteiger partial charge in [-0.05, 0) is 19.8 Å². The minimum atomic E-state index is 0.426. The second-order valence-electron chi connectivity index (χ2n) is 3.04. The second-order valence-corrected chi connectivity index (χ2v) is 3.04. The average Bonchev–Trinajstić information content (AvgIpc) is 2.52. The molecule has 2 unspecified atom stereocenters. The summed E-state index contributed by atoms with van der Waals surface area (Å²) in [5.74, 6) is 0. The Bertz CT molecular complexity index is 119. The minimum Gasteiger partial charge on any atom is -0.377 e. The highest BCUT2D eigenvalue weighted by atomic mass is 16.5. The van der Waals surface area contributed by atoms with Crippen molar-refractivity contribution < 1.29 is 4.74 Å². The molecule has 2 nitrogen and oxygen atoms in total. The summed E-state index contributed by atoms with van der Waals surface area (Å²) in [4.78, 5) is 0. The Morgan fingerprint density at radius 2 is 2.64 bits per heavy atom. The van der Waals surface area contributed by atoms with Gasteiger partial charge >= 0.3 is 0 Å². The van der Waals surface area contributed by atoms with Gasteiger partial charge in [-0.15, -0.1) is 6.58 Å². The SMILES string of the molecule is C=CCNC(C)C1CCCO1. The standard InChI is InChI=1S/C9H17NO/c1-3-6-10-8(2)9-5-4-7-11-9/h3,8-10H,1,4-7H2,2H3. The summed E-state index contributed by atoms with van der Waals surface area (Å²) < 4.78 is 5.51. The molecule has 0 aromatic rings. The Morgan fingerprint density at radius 1 is 1.82 bits per heavy atom. The zero-order valence-electron chi connectivity index (χ0n) is 7.18. The van der Waals surface area contributed by atoms with Gasteiger partial charge < -0.3 is 10.1 Å². The van der Waals surface area contributed by atoms with Crippen molar-refractivity contribution >= 4 is 0 Å². The van der Waals surface area contributed by atoms with Crippen molar-refractivity contribution in [2.75, 3.05) is 13.2 Å². The van der Waals surface area contributed by atoms with Crippen LogP contribution >= 0.6 is 0 Å². The van der Waals surface area contributed by atoms with Crippen LogP contribution in [0.1, 0.15) is 19.8 Å². The van der Waals surface area contributed by atoms with Crippen molar-refractivity contribution in [1.82, 2.24) is 5.32 Å². The van der Waals surface area contributed by atoms with E-state index < -0.39 is 0 Å². The molecule has 2 atom stereocenters. The van der Waals surface area contributed by atoms with Gasteiger partial charge in [0.2, 0.25) is 0 Å². The Hall–Kier alpha value is -0.340. The van der Waals surface area contributed by atoms with E-state index in [-0.39, 0.29) is 0 Å². The van der Waals surface area contributed by atoms with E-state index in [1.807, 2.05) is 6.08 Å². The molecule has 0 amide bonds. The van der Waals surface area contributed by atoms with E-state index in [4.69, 9.17) is 4.74 Å².